The molecule has 1 aromatic carbocycles. The zero-order chi connectivity index (χ0) is 37.2. The van der Waals surface area contributed by atoms with Gasteiger partial charge in [-0.05, 0) is 42.7 Å². The SMILES string of the molecule is CCCCCCCCc1cnc(-c2ccc(OC[C@H](F)COCC(F)(F)OC(F)(F)C(F)(F)OC(F)(F)C(F)(F)OC(F)(F)F)cc2)nc1. The van der Waals surface area contributed by atoms with E-state index in [4.69, 9.17) is 4.74 Å². The highest BCUT2D eigenvalue weighted by Crippen LogP contribution is 2.48. The van der Waals surface area contributed by atoms with Crippen LogP contribution in [0, 0.1) is 0 Å². The van der Waals surface area contributed by atoms with Gasteiger partial charge in [-0.15, -0.1) is 13.2 Å². The number of halogens is 14. The molecular formula is C28H30F14N2O5. The van der Waals surface area contributed by atoms with Gasteiger partial charge in [0.05, 0.1) is 6.61 Å². The van der Waals surface area contributed by atoms with Gasteiger partial charge in [-0.1, -0.05) is 39.0 Å². The van der Waals surface area contributed by atoms with E-state index in [1.54, 1.807) is 21.9 Å². The minimum absolute atomic E-state index is 0.0737. The Hall–Kier alpha value is -3.04. The summed E-state index contributed by atoms with van der Waals surface area (Å²) < 4.78 is 198. The van der Waals surface area contributed by atoms with Crippen molar-refractivity contribution in [1.29, 1.82) is 0 Å². The van der Waals surface area contributed by atoms with Crippen molar-refractivity contribution in [1.82, 2.24) is 9.97 Å². The fraction of sp³-hybridized carbons (Fsp3) is 0.643. The lowest BCUT2D eigenvalue weighted by Gasteiger charge is -2.33. The van der Waals surface area contributed by atoms with Crippen LogP contribution in [0.1, 0.15) is 51.0 Å². The molecule has 280 valence electrons. The van der Waals surface area contributed by atoms with Gasteiger partial charge in [0.25, 0.3) is 0 Å². The molecule has 49 heavy (non-hydrogen) atoms. The Bertz CT molecular complexity index is 1270. The molecule has 0 fully saturated rings. The highest BCUT2D eigenvalue weighted by molar-refractivity contribution is 5.55. The first kappa shape index (κ1) is 42.1. The van der Waals surface area contributed by atoms with E-state index in [0.717, 1.165) is 37.7 Å². The minimum Gasteiger partial charge on any atom is -0.490 e. The average molecular weight is 741 g/mol. The molecule has 0 amide bonds. The number of hydrogen-bond acceptors (Lipinski definition) is 7. The van der Waals surface area contributed by atoms with Crippen molar-refractivity contribution in [2.75, 3.05) is 19.8 Å². The third kappa shape index (κ3) is 14.0. The summed E-state index contributed by atoms with van der Waals surface area (Å²) in [5.41, 5.74) is 1.53. The van der Waals surface area contributed by atoms with Crippen LogP contribution < -0.4 is 4.74 Å². The number of aromatic nitrogens is 2. The summed E-state index contributed by atoms with van der Waals surface area (Å²) in [6, 6.07) is 5.83. The van der Waals surface area contributed by atoms with Crippen LogP contribution in [0.3, 0.4) is 0 Å². The van der Waals surface area contributed by atoms with Crippen LogP contribution in [0.2, 0.25) is 0 Å². The van der Waals surface area contributed by atoms with E-state index >= 15 is 0 Å². The van der Waals surface area contributed by atoms with Crippen LogP contribution >= 0.6 is 0 Å². The van der Waals surface area contributed by atoms with E-state index in [0.29, 0.717) is 11.4 Å². The zero-order valence-corrected chi connectivity index (χ0v) is 25.3. The van der Waals surface area contributed by atoms with Crippen molar-refractivity contribution in [3.8, 4) is 17.1 Å². The van der Waals surface area contributed by atoms with Crippen LogP contribution in [-0.4, -0.2) is 72.9 Å². The van der Waals surface area contributed by atoms with Gasteiger partial charge in [-0.2, -0.15) is 43.9 Å². The summed E-state index contributed by atoms with van der Waals surface area (Å²) in [6.07, 6.45) is -31.5. The third-order valence-corrected chi connectivity index (χ3v) is 6.09. The van der Waals surface area contributed by atoms with Gasteiger partial charge in [0.15, 0.2) is 12.0 Å². The van der Waals surface area contributed by atoms with Crippen LogP contribution in [-0.2, 0) is 25.4 Å². The Morgan fingerprint density at radius 1 is 0.633 bits per heavy atom. The van der Waals surface area contributed by atoms with E-state index in [-0.39, 0.29) is 5.75 Å². The van der Waals surface area contributed by atoms with Gasteiger partial charge in [-0.3, -0.25) is 0 Å². The molecule has 0 aliphatic rings. The summed E-state index contributed by atoms with van der Waals surface area (Å²) >= 11 is 0. The van der Waals surface area contributed by atoms with Gasteiger partial charge in [0.2, 0.25) is 0 Å². The van der Waals surface area contributed by atoms with Crippen molar-refractivity contribution in [2.45, 2.75) is 94.9 Å². The molecule has 7 nitrogen and oxygen atoms in total. The lowest BCUT2D eigenvalue weighted by molar-refractivity contribution is -0.564. The van der Waals surface area contributed by atoms with Crippen LogP contribution in [0.5, 0.6) is 5.75 Å². The van der Waals surface area contributed by atoms with E-state index in [2.05, 4.69) is 26.4 Å². The van der Waals surface area contributed by atoms with Crippen LogP contribution in [0.25, 0.3) is 11.4 Å². The molecule has 0 saturated heterocycles. The standard InChI is InChI=1S/C28H30F14N2O5/c1-2-3-4-5-6-7-8-18-13-43-22(44-14-18)19-9-11-21(12-10-19)46-16-20(29)15-45-17-23(30,31)47-24(32,33)25(34,35)48-26(36,37)27(38,39)49-28(40,41)42/h9-14,20H,2-8,15-17H2,1H3/t20-/m1/s1. The van der Waals surface area contributed by atoms with E-state index in [1.165, 1.54) is 37.1 Å². The topological polar surface area (TPSA) is 71.9 Å². The maximum atomic E-state index is 14.1. The normalized spacial score (nSPS) is 14.3. The number of benzene rings is 1. The van der Waals surface area contributed by atoms with Gasteiger partial charge in [-0.25, -0.2) is 28.6 Å². The average Bonchev–Trinajstić information content (AvgIpc) is 2.96. The molecule has 0 spiro atoms. The largest absolute Gasteiger partial charge is 0.527 e. The Morgan fingerprint density at radius 3 is 1.69 bits per heavy atom. The summed E-state index contributed by atoms with van der Waals surface area (Å²) in [7, 11) is 0. The highest BCUT2D eigenvalue weighted by atomic mass is 19.4. The second-order valence-corrected chi connectivity index (χ2v) is 10.3. The molecule has 0 aliphatic heterocycles. The van der Waals surface area contributed by atoms with Crippen molar-refractivity contribution in [3.63, 3.8) is 0 Å². The fourth-order valence-corrected chi connectivity index (χ4v) is 3.74. The van der Waals surface area contributed by atoms with Gasteiger partial charge in [0.1, 0.15) is 19.0 Å². The second-order valence-electron chi connectivity index (χ2n) is 10.3. The predicted molar refractivity (Wildman–Crippen MR) is 140 cm³/mol. The number of rotatable bonds is 22. The molecule has 21 heteroatoms. The zero-order valence-electron chi connectivity index (χ0n) is 25.3. The Kier molecular flexibility index (Phi) is 14.8. The Labute approximate surface area is 269 Å². The number of unbranched alkanes of at least 4 members (excludes halogenated alkanes) is 5. The van der Waals surface area contributed by atoms with Gasteiger partial charge < -0.3 is 9.47 Å². The summed E-state index contributed by atoms with van der Waals surface area (Å²) in [5.74, 6) is 0.458. The number of nitrogens with zero attached hydrogens (tertiary/aromatic N) is 2. The fourth-order valence-electron chi connectivity index (χ4n) is 3.74. The first-order valence-corrected chi connectivity index (χ1v) is 14.3. The van der Waals surface area contributed by atoms with Gasteiger partial charge in [0, 0.05) is 18.0 Å². The molecule has 0 saturated carbocycles. The van der Waals surface area contributed by atoms with E-state index in [1.807, 2.05) is 0 Å². The summed E-state index contributed by atoms with van der Waals surface area (Å²) in [4.78, 5) is 8.61. The first-order chi connectivity index (χ1) is 22.5. The molecule has 2 aromatic rings. The number of hydrogen-bond donors (Lipinski definition) is 0. The molecule has 0 unspecified atom stereocenters. The Morgan fingerprint density at radius 2 is 1.14 bits per heavy atom. The lowest BCUT2D eigenvalue weighted by atomic mass is 10.1. The molecule has 1 aromatic heterocycles. The number of alkyl halides is 14. The van der Waals surface area contributed by atoms with Crippen LogP contribution in [0.15, 0.2) is 36.7 Å². The van der Waals surface area contributed by atoms with Crippen molar-refractivity contribution < 1.29 is 85.2 Å². The Balaban J connectivity index is 1.81. The first-order valence-electron chi connectivity index (χ1n) is 14.3. The minimum atomic E-state index is -7.15. The second kappa shape index (κ2) is 17.3. The smallest absolute Gasteiger partial charge is 0.490 e. The molecule has 1 atom stereocenters. The summed E-state index contributed by atoms with van der Waals surface area (Å²) in [6.45, 7) is -2.48. The van der Waals surface area contributed by atoms with Gasteiger partial charge >= 0.3 is 36.9 Å². The maximum absolute atomic E-state index is 14.1. The molecule has 0 N–H and O–H groups in total. The molecule has 0 radical (unpaired) electrons. The number of ether oxygens (including phenoxy) is 5. The van der Waals surface area contributed by atoms with Crippen molar-refractivity contribution in [2.24, 2.45) is 0 Å². The quantitative estimate of drug-likeness (QED) is 0.0881. The monoisotopic (exact) mass is 740 g/mol. The molecule has 1 heterocycles. The highest BCUT2D eigenvalue weighted by Gasteiger charge is 2.74. The van der Waals surface area contributed by atoms with Crippen LogP contribution in [0.4, 0.5) is 61.5 Å². The molecular weight excluding hydrogens is 710 g/mol. The predicted octanol–water partition coefficient (Wildman–Crippen LogP) is 9.31. The van der Waals surface area contributed by atoms with Crippen molar-refractivity contribution in [3.05, 3.63) is 42.2 Å². The van der Waals surface area contributed by atoms with E-state index in [9.17, 15) is 61.5 Å². The van der Waals surface area contributed by atoms with Crippen molar-refractivity contribution >= 4 is 0 Å². The third-order valence-electron chi connectivity index (χ3n) is 6.09. The number of aryl methyl sites for hydroxylation is 1. The maximum Gasteiger partial charge on any atom is 0.527 e. The molecule has 0 bridgehead atoms. The molecule has 0 aliphatic carbocycles. The molecule has 2 rings (SSSR count). The van der Waals surface area contributed by atoms with E-state index < -0.39 is 62.9 Å². The summed E-state index contributed by atoms with van der Waals surface area (Å²) in [5, 5.41) is 0. The lowest BCUT2D eigenvalue weighted by Crippen LogP contribution is -2.57.